The molecule has 0 fully saturated rings. The van der Waals surface area contributed by atoms with Gasteiger partial charge in [0, 0.05) is 0 Å². The van der Waals surface area contributed by atoms with Crippen molar-refractivity contribution in [3.05, 3.63) is 0 Å². The number of hydrogen-bond donors (Lipinski definition) is 3. The van der Waals surface area contributed by atoms with Crippen LogP contribution in [0.5, 0.6) is 0 Å². The van der Waals surface area contributed by atoms with Crippen molar-refractivity contribution < 1.29 is 24.9 Å². The third-order valence-electron chi connectivity index (χ3n) is 1.23. The maximum atomic E-state index is 10.4. The molecule has 0 heterocycles. The molecule has 0 rings (SSSR count). The monoisotopic (exact) mass is 162 g/mol. The molecule has 64 valence electrons. The van der Waals surface area contributed by atoms with Crippen LogP contribution in [0, 0.1) is 0 Å². The van der Waals surface area contributed by atoms with E-state index in [1.165, 1.54) is 0 Å². The van der Waals surface area contributed by atoms with Crippen LogP contribution in [0.3, 0.4) is 0 Å². The van der Waals surface area contributed by atoms with Crippen molar-refractivity contribution in [2.45, 2.75) is 25.2 Å². The Morgan fingerprint density at radius 3 is 2.09 bits per heavy atom. The first kappa shape index (κ1) is 10.2. The molecule has 0 aliphatic heterocycles. The van der Waals surface area contributed by atoms with Gasteiger partial charge < -0.3 is 20.1 Å². The number of hydrogen-bond acceptors (Lipinski definition) is 5. The highest BCUT2D eigenvalue weighted by Crippen LogP contribution is 1.98. The summed E-state index contributed by atoms with van der Waals surface area (Å²) in [5.74, 6) is -0.696. The maximum absolute atomic E-state index is 10.4. The molecular weight excluding hydrogens is 152 g/mol. The minimum absolute atomic E-state index is 0.0524. The highest BCUT2D eigenvalue weighted by atomic mass is 16.4. The Hall–Kier alpha value is -0.780. The first-order valence-electron chi connectivity index (χ1n) is 3.00. The van der Waals surface area contributed by atoms with E-state index in [1.807, 2.05) is 0 Å². The van der Waals surface area contributed by atoms with E-state index in [4.69, 9.17) is 15.3 Å². The predicted octanol–water partition coefficient (Wildman–Crippen LogP) is -2.14. The summed E-state index contributed by atoms with van der Waals surface area (Å²) < 4.78 is 0. The molecule has 0 bridgehead atoms. The zero-order chi connectivity index (χ0) is 9.02. The lowest BCUT2D eigenvalue weighted by molar-refractivity contribution is -0.139. The summed E-state index contributed by atoms with van der Waals surface area (Å²) in [5.41, 5.74) is 0. The van der Waals surface area contributed by atoms with Gasteiger partial charge in [0.25, 0.3) is 0 Å². The summed E-state index contributed by atoms with van der Waals surface area (Å²) in [5, 5.41) is 26.2. The fraction of sp³-hybridized carbons (Fsp3) is 0.667. The molecule has 0 saturated carbocycles. The summed E-state index contributed by atoms with van der Waals surface area (Å²) in [6, 6.07) is 0. The Morgan fingerprint density at radius 2 is 1.82 bits per heavy atom. The summed E-state index contributed by atoms with van der Waals surface area (Å²) in [7, 11) is 0. The van der Waals surface area contributed by atoms with Gasteiger partial charge in [0.2, 0.25) is 0 Å². The molecule has 0 aromatic rings. The Kier molecular flexibility index (Phi) is 3.88. The minimum atomic E-state index is -1.73. The topological polar surface area (TPSA) is 94.8 Å². The fourth-order valence-corrected chi connectivity index (χ4v) is 0.508. The number of Topliss-reactive ketones (excluding diaryl/α,β-unsaturated/α-hetero) is 1. The van der Waals surface area contributed by atoms with Gasteiger partial charge >= 0.3 is 0 Å². The lowest BCUT2D eigenvalue weighted by Crippen LogP contribution is -2.42. The second kappa shape index (κ2) is 4.17. The van der Waals surface area contributed by atoms with E-state index in [0.29, 0.717) is 0 Å². The first-order chi connectivity index (χ1) is 5.00. The van der Waals surface area contributed by atoms with Crippen LogP contribution in [0.2, 0.25) is 0 Å². The first-order valence-corrected chi connectivity index (χ1v) is 3.00. The molecule has 5 heteroatoms. The SMILES string of the molecule is CC(=O)C(O)C(O)C(O)C=O. The van der Waals surface area contributed by atoms with Gasteiger partial charge in [-0.1, -0.05) is 0 Å². The van der Waals surface area contributed by atoms with Crippen molar-refractivity contribution in [2.24, 2.45) is 0 Å². The Balaban J connectivity index is 4.11. The lowest BCUT2D eigenvalue weighted by Gasteiger charge is -2.16. The smallest absolute Gasteiger partial charge is 0.160 e. The zero-order valence-corrected chi connectivity index (χ0v) is 5.97. The molecule has 3 unspecified atom stereocenters. The number of rotatable bonds is 4. The standard InChI is InChI=1S/C6H10O5/c1-3(8)5(10)6(11)4(9)2-7/h2,4-6,9-11H,1H3. The molecule has 0 amide bonds. The van der Waals surface area contributed by atoms with Gasteiger partial charge in [-0.25, -0.2) is 0 Å². The van der Waals surface area contributed by atoms with Gasteiger partial charge in [0.1, 0.15) is 18.3 Å². The number of aliphatic hydroxyl groups excluding tert-OH is 3. The van der Waals surface area contributed by atoms with Gasteiger partial charge in [-0.15, -0.1) is 0 Å². The van der Waals surface area contributed by atoms with E-state index in [0.717, 1.165) is 6.92 Å². The van der Waals surface area contributed by atoms with Crippen LogP contribution in [-0.2, 0) is 9.59 Å². The minimum Gasteiger partial charge on any atom is -0.387 e. The normalized spacial score (nSPS) is 18.5. The van der Waals surface area contributed by atoms with Crippen LogP contribution < -0.4 is 0 Å². The quantitative estimate of drug-likeness (QED) is 0.410. The van der Waals surface area contributed by atoms with E-state index in [9.17, 15) is 9.59 Å². The van der Waals surface area contributed by atoms with Crippen molar-refractivity contribution in [2.75, 3.05) is 0 Å². The van der Waals surface area contributed by atoms with Gasteiger partial charge in [0.15, 0.2) is 12.1 Å². The second-order valence-corrected chi connectivity index (χ2v) is 2.17. The fourth-order valence-electron chi connectivity index (χ4n) is 0.508. The molecule has 3 N–H and O–H groups in total. The number of ketones is 1. The molecule has 0 radical (unpaired) electrons. The molecule has 3 atom stereocenters. The van der Waals surface area contributed by atoms with E-state index in [1.54, 1.807) is 0 Å². The second-order valence-electron chi connectivity index (χ2n) is 2.17. The van der Waals surface area contributed by atoms with Crippen molar-refractivity contribution in [3.63, 3.8) is 0 Å². The van der Waals surface area contributed by atoms with Gasteiger partial charge in [0.05, 0.1) is 0 Å². The third-order valence-corrected chi connectivity index (χ3v) is 1.23. The summed E-state index contributed by atoms with van der Waals surface area (Å²) >= 11 is 0. The molecule has 0 aromatic carbocycles. The summed E-state index contributed by atoms with van der Waals surface area (Å²) in [4.78, 5) is 20.2. The van der Waals surface area contributed by atoms with Crippen molar-refractivity contribution in [1.29, 1.82) is 0 Å². The molecule has 0 aromatic heterocycles. The van der Waals surface area contributed by atoms with Crippen LogP contribution in [-0.4, -0.2) is 45.7 Å². The van der Waals surface area contributed by atoms with Crippen LogP contribution in [0.4, 0.5) is 0 Å². The molecule has 0 aliphatic rings. The third kappa shape index (κ3) is 2.75. The molecule has 11 heavy (non-hydrogen) atoms. The predicted molar refractivity (Wildman–Crippen MR) is 34.8 cm³/mol. The lowest BCUT2D eigenvalue weighted by atomic mass is 10.1. The molecule has 5 nitrogen and oxygen atoms in total. The molecule has 0 saturated heterocycles. The number of carbonyl (C=O) groups is 2. The Labute approximate surface area is 63.3 Å². The van der Waals surface area contributed by atoms with Crippen LogP contribution in [0.25, 0.3) is 0 Å². The van der Waals surface area contributed by atoms with E-state index in [-0.39, 0.29) is 6.29 Å². The number of aliphatic hydroxyl groups is 3. The molecule has 0 aliphatic carbocycles. The molecular formula is C6H10O5. The van der Waals surface area contributed by atoms with E-state index in [2.05, 4.69) is 0 Å². The van der Waals surface area contributed by atoms with Gasteiger partial charge in [-0.2, -0.15) is 0 Å². The van der Waals surface area contributed by atoms with Crippen molar-refractivity contribution in [3.8, 4) is 0 Å². The summed E-state index contributed by atoms with van der Waals surface area (Å²) in [6.45, 7) is 1.05. The van der Waals surface area contributed by atoms with Gasteiger partial charge in [-0.3, -0.25) is 4.79 Å². The van der Waals surface area contributed by atoms with Crippen molar-refractivity contribution in [1.82, 2.24) is 0 Å². The average Bonchev–Trinajstić information content (AvgIpc) is 2.00. The Morgan fingerprint density at radius 1 is 1.36 bits per heavy atom. The highest BCUT2D eigenvalue weighted by Gasteiger charge is 2.27. The van der Waals surface area contributed by atoms with Gasteiger partial charge in [-0.05, 0) is 6.92 Å². The highest BCUT2D eigenvalue weighted by molar-refractivity contribution is 5.81. The van der Waals surface area contributed by atoms with E-state index >= 15 is 0 Å². The Bertz CT molecular complexity index is 155. The largest absolute Gasteiger partial charge is 0.387 e. The van der Waals surface area contributed by atoms with Crippen LogP contribution >= 0.6 is 0 Å². The molecule has 0 spiro atoms. The maximum Gasteiger partial charge on any atom is 0.160 e. The van der Waals surface area contributed by atoms with Crippen LogP contribution in [0.1, 0.15) is 6.92 Å². The van der Waals surface area contributed by atoms with Crippen LogP contribution in [0.15, 0.2) is 0 Å². The zero-order valence-electron chi connectivity index (χ0n) is 5.97. The number of aldehydes is 1. The number of carbonyl (C=O) groups excluding carboxylic acids is 2. The average molecular weight is 162 g/mol. The van der Waals surface area contributed by atoms with Crippen molar-refractivity contribution >= 4 is 12.1 Å². The summed E-state index contributed by atoms with van der Waals surface area (Å²) in [6.07, 6.45) is -5.09. The van der Waals surface area contributed by atoms with E-state index < -0.39 is 24.1 Å².